The Bertz CT molecular complexity index is 1030. The van der Waals surface area contributed by atoms with Crippen LogP contribution in [0, 0.1) is 11.7 Å². The van der Waals surface area contributed by atoms with Gasteiger partial charge in [-0.3, -0.25) is 4.79 Å². The lowest BCUT2D eigenvalue weighted by Crippen LogP contribution is -2.44. The maximum absolute atomic E-state index is 14.3. The number of carbonyl (C=O) groups excluding carboxylic acids is 2. The van der Waals surface area contributed by atoms with Crippen molar-refractivity contribution in [3.05, 3.63) is 58.9 Å². The first-order valence-electron chi connectivity index (χ1n) is 12.4. The van der Waals surface area contributed by atoms with E-state index in [1.54, 1.807) is 45.9 Å². The smallest absolute Gasteiger partial charge is 0.407 e. The number of carbonyl (C=O) groups is 2. The largest absolute Gasteiger partial charge is 0.466 e. The van der Waals surface area contributed by atoms with Crippen LogP contribution >= 0.6 is 11.6 Å². The molecule has 204 valence electrons. The van der Waals surface area contributed by atoms with Crippen molar-refractivity contribution in [3.63, 3.8) is 0 Å². The number of ether oxygens (including phenoxy) is 2. The first-order chi connectivity index (χ1) is 17.4. The average molecular weight is 537 g/mol. The van der Waals surface area contributed by atoms with E-state index in [0.717, 1.165) is 5.56 Å². The molecule has 2 atom stereocenters. The lowest BCUT2D eigenvalue weighted by atomic mass is 9.93. The molecule has 7 nitrogen and oxygen atoms in total. The fraction of sp³-hybridized carbons (Fsp3) is 0.500. The van der Waals surface area contributed by atoms with Gasteiger partial charge < -0.3 is 24.8 Å². The molecular weight excluding hydrogens is 499 g/mol. The zero-order chi connectivity index (χ0) is 27.6. The molecule has 37 heavy (non-hydrogen) atoms. The highest BCUT2D eigenvalue weighted by Gasteiger charge is 2.28. The fourth-order valence-electron chi connectivity index (χ4n) is 3.98. The molecule has 0 unspecified atom stereocenters. The van der Waals surface area contributed by atoms with Gasteiger partial charge in [-0.05, 0) is 76.9 Å². The number of hydrogen-bond acceptors (Lipinski definition) is 6. The molecule has 0 aliphatic rings. The van der Waals surface area contributed by atoms with E-state index in [9.17, 15) is 19.1 Å². The number of halogens is 2. The summed E-state index contributed by atoms with van der Waals surface area (Å²) < 4.78 is 25.0. The molecule has 2 N–H and O–H groups in total. The monoisotopic (exact) mass is 536 g/mol. The molecule has 0 aromatic heterocycles. The van der Waals surface area contributed by atoms with E-state index in [2.05, 4.69) is 5.32 Å². The van der Waals surface area contributed by atoms with Crippen molar-refractivity contribution >= 4 is 23.7 Å². The zero-order valence-corrected chi connectivity index (χ0v) is 23.0. The standard InChI is InChI=1S/C28H38ClFN2O5/c1-6-36-26(34)21(18-32(5)13-14-33)16-23(31-27(35)37-28(2,3)4)15-19-7-9-20(10-8-19)24-17-22(29)11-12-25(24)30/h7-12,17,21,23,33H,6,13-16,18H2,1-5H3,(H,31,35)/t21-,23+/m0/s1. The van der Waals surface area contributed by atoms with E-state index in [-0.39, 0.29) is 25.0 Å². The molecule has 0 saturated heterocycles. The number of likely N-dealkylation sites (N-methyl/N-ethyl adjacent to an activating group) is 1. The molecule has 0 saturated carbocycles. The molecule has 0 heterocycles. The Kier molecular flexibility index (Phi) is 11.8. The molecule has 2 aromatic carbocycles. The van der Waals surface area contributed by atoms with Crippen molar-refractivity contribution in [1.82, 2.24) is 10.2 Å². The summed E-state index contributed by atoms with van der Waals surface area (Å²) in [7, 11) is 1.81. The third kappa shape index (κ3) is 10.7. The number of nitrogens with zero attached hydrogens (tertiary/aromatic N) is 1. The van der Waals surface area contributed by atoms with Crippen molar-refractivity contribution in [1.29, 1.82) is 0 Å². The average Bonchev–Trinajstić information content (AvgIpc) is 2.80. The molecule has 0 aliphatic carbocycles. The Morgan fingerprint density at radius 3 is 2.43 bits per heavy atom. The van der Waals surface area contributed by atoms with Crippen LogP contribution in [0.2, 0.25) is 5.02 Å². The van der Waals surface area contributed by atoms with Gasteiger partial charge >= 0.3 is 12.1 Å². The van der Waals surface area contributed by atoms with Crippen molar-refractivity contribution in [3.8, 4) is 11.1 Å². The van der Waals surface area contributed by atoms with Crippen LogP contribution in [0.5, 0.6) is 0 Å². The molecule has 1 amide bonds. The fourth-order valence-corrected chi connectivity index (χ4v) is 4.15. The van der Waals surface area contributed by atoms with Crippen LogP contribution in [0.4, 0.5) is 9.18 Å². The van der Waals surface area contributed by atoms with Crippen LogP contribution in [0.15, 0.2) is 42.5 Å². The van der Waals surface area contributed by atoms with E-state index in [1.807, 2.05) is 24.1 Å². The summed E-state index contributed by atoms with van der Waals surface area (Å²) >= 11 is 6.04. The van der Waals surface area contributed by atoms with Crippen molar-refractivity contribution in [2.75, 3.05) is 33.4 Å². The number of aliphatic hydroxyl groups is 1. The minimum atomic E-state index is -0.681. The summed E-state index contributed by atoms with van der Waals surface area (Å²) in [6, 6.07) is 11.3. The van der Waals surface area contributed by atoms with Crippen LogP contribution in [0.3, 0.4) is 0 Å². The second kappa shape index (κ2) is 14.3. The number of alkyl carbamates (subject to hydrolysis) is 1. The molecular formula is C28H38ClFN2O5. The summed E-state index contributed by atoms with van der Waals surface area (Å²) in [6.07, 6.45) is 0.136. The SMILES string of the molecule is CCOC(=O)[C@@H](C[C@@H](Cc1ccc(-c2cc(Cl)ccc2F)cc1)NC(=O)OC(C)(C)C)CN(C)CCO. The van der Waals surface area contributed by atoms with Crippen molar-refractivity contribution in [2.45, 2.75) is 52.2 Å². The van der Waals surface area contributed by atoms with Gasteiger partial charge in [0, 0.05) is 29.7 Å². The highest BCUT2D eigenvalue weighted by molar-refractivity contribution is 6.30. The summed E-state index contributed by atoms with van der Waals surface area (Å²) in [5.41, 5.74) is 1.28. The number of aliphatic hydroxyl groups excluding tert-OH is 1. The maximum Gasteiger partial charge on any atom is 0.407 e. The molecule has 2 rings (SSSR count). The summed E-state index contributed by atoms with van der Waals surface area (Å²) in [5.74, 6) is -1.27. The number of amides is 1. The Labute approximate surface area is 223 Å². The quantitative estimate of drug-likeness (QED) is 0.368. The lowest BCUT2D eigenvalue weighted by Gasteiger charge is -2.28. The number of benzene rings is 2. The minimum Gasteiger partial charge on any atom is -0.466 e. The second-order valence-electron chi connectivity index (χ2n) is 10.0. The third-order valence-electron chi connectivity index (χ3n) is 5.60. The lowest BCUT2D eigenvalue weighted by molar-refractivity contribution is -0.149. The van der Waals surface area contributed by atoms with Gasteiger partial charge in [0.25, 0.3) is 0 Å². The summed E-state index contributed by atoms with van der Waals surface area (Å²) in [5, 5.41) is 12.6. The van der Waals surface area contributed by atoms with Gasteiger partial charge in [-0.15, -0.1) is 0 Å². The van der Waals surface area contributed by atoms with Crippen molar-refractivity contribution < 1.29 is 28.6 Å². The molecule has 0 radical (unpaired) electrons. The maximum atomic E-state index is 14.3. The first-order valence-corrected chi connectivity index (χ1v) is 12.8. The van der Waals surface area contributed by atoms with Crippen molar-refractivity contribution in [2.24, 2.45) is 5.92 Å². The number of esters is 1. The van der Waals surface area contributed by atoms with E-state index in [1.165, 1.54) is 12.1 Å². The highest BCUT2D eigenvalue weighted by Crippen LogP contribution is 2.27. The van der Waals surface area contributed by atoms with Crippen LogP contribution in [0.1, 0.15) is 39.7 Å². The molecule has 9 heteroatoms. The molecule has 0 fully saturated rings. The van der Waals surface area contributed by atoms with Crippen LogP contribution in [0.25, 0.3) is 11.1 Å². The normalized spacial score (nSPS) is 13.2. The second-order valence-corrected chi connectivity index (χ2v) is 10.5. The summed E-state index contributed by atoms with van der Waals surface area (Å²) in [4.78, 5) is 27.2. The van der Waals surface area contributed by atoms with Crippen LogP contribution < -0.4 is 5.32 Å². The predicted molar refractivity (Wildman–Crippen MR) is 143 cm³/mol. The van der Waals surface area contributed by atoms with Crippen LogP contribution in [-0.2, 0) is 20.7 Å². The molecule has 0 bridgehead atoms. The number of hydrogen-bond donors (Lipinski definition) is 2. The molecule has 2 aromatic rings. The number of rotatable bonds is 12. The molecule has 0 spiro atoms. The van der Waals surface area contributed by atoms with E-state index >= 15 is 0 Å². The molecule has 0 aliphatic heterocycles. The van der Waals surface area contributed by atoms with Gasteiger partial charge in [-0.1, -0.05) is 35.9 Å². The topological polar surface area (TPSA) is 88.1 Å². The van der Waals surface area contributed by atoms with Gasteiger partial charge in [0.2, 0.25) is 0 Å². The van der Waals surface area contributed by atoms with Gasteiger partial charge in [0.05, 0.1) is 19.1 Å². The van der Waals surface area contributed by atoms with Gasteiger partial charge in [0.1, 0.15) is 11.4 Å². The van der Waals surface area contributed by atoms with E-state index < -0.39 is 23.7 Å². The van der Waals surface area contributed by atoms with E-state index in [4.69, 9.17) is 21.1 Å². The Morgan fingerprint density at radius 1 is 1.16 bits per heavy atom. The Hall–Kier alpha value is -2.68. The Balaban J connectivity index is 2.27. The predicted octanol–water partition coefficient (Wildman–Crippen LogP) is 5.08. The number of nitrogens with one attached hydrogen (secondary N) is 1. The zero-order valence-electron chi connectivity index (χ0n) is 22.2. The highest BCUT2D eigenvalue weighted by atomic mass is 35.5. The van der Waals surface area contributed by atoms with Crippen LogP contribution in [-0.4, -0.2) is 67.1 Å². The Morgan fingerprint density at radius 2 is 1.84 bits per heavy atom. The first kappa shape index (κ1) is 30.5. The van der Waals surface area contributed by atoms with Gasteiger partial charge in [-0.25, -0.2) is 9.18 Å². The van der Waals surface area contributed by atoms with E-state index in [0.29, 0.717) is 42.1 Å². The van der Waals surface area contributed by atoms with Gasteiger partial charge in [-0.2, -0.15) is 0 Å². The third-order valence-corrected chi connectivity index (χ3v) is 5.83. The van der Waals surface area contributed by atoms with Gasteiger partial charge in [0.15, 0.2) is 0 Å². The summed E-state index contributed by atoms with van der Waals surface area (Å²) in [6.45, 7) is 8.05. The minimum absolute atomic E-state index is 0.0365.